The van der Waals surface area contributed by atoms with Crippen molar-refractivity contribution in [3.8, 4) is 0 Å². The van der Waals surface area contributed by atoms with E-state index >= 15 is 0 Å². The molecule has 5 heteroatoms. The van der Waals surface area contributed by atoms with Gasteiger partial charge in [0.25, 0.3) is 0 Å². The molecule has 0 aliphatic heterocycles. The summed E-state index contributed by atoms with van der Waals surface area (Å²) in [6.07, 6.45) is 6.53. The normalized spacial score (nSPS) is 36.1. The number of carbonyl (C=O) groups is 2. The van der Waals surface area contributed by atoms with Crippen LogP contribution >= 0.6 is 0 Å². The molecule has 5 nitrogen and oxygen atoms in total. The fraction of sp³-hybridized carbons (Fsp3) is 0.667. The van der Waals surface area contributed by atoms with E-state index in [1.807, 2.05) is 12.2 Å². The van der Waals surface area contributed by atoms with Crippen molar-refractivity contribution in [2.45, 2.75) is 37.8 Å². The zero-order valence-electron chi connectivity index (χ0n) is 9.63. The smallest absolute Gasteiger partial charge is 0.308 e. The van der Waals surface area contributed by atoms with Crippen molar-refractivity contribution >= 4 is 11.9 Å². The monoisotopic (exact) mass is 238 g/mol. The van der Waals surface area contributed by atoms with Crippen LogP contribution in [0.3, 0.4) is 0 Å². The van der Waals surface area contributed by atoms with E-state index in [-0.39, 0.29) is 23.9 Å². The third-order valence-electron chi connectivity index (χ3n) is 3.61. The Labute approximate surface area is 100 Å². The van der Waals surface area contributed by atoms with Crippen molar-refractivity contribution in [2.24, 2.45) is 17.6 Å². The second-order valence-corrected chi connectivity index (χ2v) is 4.88. The van der Waals surface area contributed by atoms with Gasteiger partial charge in [-0.2, -0.15) is 0 Å². The van der Waals surface area contributed by atoms with Gasteiger partial charge in [0.1, 0.15) is 0 Å². The summed E-state index contributed by atoms with van der Waals surface area (Å²) in [6, 6.07) is -0.269. The number of amides is 1. The van der Waals surface area contributed by atoms with E-state index in [1.54, 1.807) is 0 Å². The van der Waals surface area contributed by atoms with E-state index in [2.05, 4.69) is 5.32 Å². The molecular formula is C12H18N2O3. The predicted octanol–water partition coefficient (Wildman–Crippen LogP) is 0.259. The molecule has 1 fully saturated rings. The molecular weight excluding hydrogens is 220 g/mol. The Morgan fingerprint density at radius 2 is 2.06 bits per heavy atom. The molecule has 0 aromatic heterocycles. The number of aliphatic carboxylic acids is 1. The van der Waals surface area contributed by atoms with Crippen LogP contribution in [0.15, 0.2) is 12.2 Å². The van der Waals surface area contributed by atoms with Crippen LogP contribution in [0.25, 0.3) is 0 Å². The topological polar surface area (TPSA) is 92.4 Å². The van der Waals surface area contributed by atoms with Crippen molar-refractivity contribution in [3.63, 3.8) is 0 Å². The molecule has 4 N–H and O–H groups in total. The van der Waals surface area contributed by atoms with E-state index in [0.29, 0.717) is 12.8 Å². The van der Waals surface area contributed by atoms with Crippen LogP contribution < -0.4 is 11.1 Å². The molecule has 2 aliphatic carbocycles. The Balaban J connectivity index is 1.90. The second kappa shape index (κ2) is 4.87. The van der Waals surface area contributed by atoms with Crippen LogP contribution in [0, 0.1) is 11.8 Å². The van der Waals surface area contributed by atoms with Gasteiger partial charge in [-0.15, -0.1) is 0 Å². The molecule has 0 radical (unpaired) electrons. The summed E-state index contributed by atoms with van der Waals surface area (Å²) in [4.78, 5) is 22.9. The fourth-order valence-electron chi connectivity index (χ4n) is 2.64. The Kier molecular flexibility index (Phi) is 3.47. The van der Waals surface area contributed by atoms with Crippen molar-refractivity contribution in [3.05, 3.63) is 12.2 Å². The number of carboxylic acid groups (broad SMARTS) is 1. The summed E-state index contributed by atoms with van der Waals surface area (Å²) < 4.78 is 0. The minimum atomic E-state index is -0.813. The SMILES string of the molecule is NC1C=CC(C(=O)NC2CCCC2C(=O)O)C1. The number of nitrogens with two attached hydrogens (primary N) is 1. The first-order chi connectivity index (χ1) is 8.08. The van der Waals surface area contributed by atoms with Gasteiger partial charge in [0.2, 0.25) is 5.91 Å². The summed E-state index contributed by atoms with van der Waals surface area (Å²) in [7, 11) is 0. The van der Waals surface area contributed by atoms with Crippen molar-refractivity contribution in [2.75, 3.05) is 0 Å². The minimum Gasteiger partial charge on any atom is -0.481 e. The first-order valence-electron chi connectivity index (χ1n) is 6.05. The highest BCUT2D eigenvalue weighted by molar-refractivity contribution is 5.82. The number of rotatable bonds is 3. The average molecular weight is 238 g/mol. The molecule has 1 amide bonds. The van der Waals surface area contributed by atoms with E-state index in [1.165, 1.54) is 0 Å². The summed E-state index contributed by atoms with van der Waals surface area (Å²) in [5.74, 6) is -1.53. The molecule has 4 unspecified atom stereocenters. The van der Waals surface area contributed by atoms with E-state index in [0.717, 1.165) is 12.8 Å². The first-order valence-corrected chi connectivity index (χ1v) is 6.05. The first kappa shape index (κ1) is 12.1. The molecule has 0 aromatic carbocycles. The fourth-order valence-corrected chi connectivity index (χ4v) is 2.64. The summed E-state index contributed by atoms with van der Waals surface area (Å²) in [5, 5.41) is 11.9. The molecule has 2 rings (SSSR count). The highest BCUT2D eigenvalue weighted by atomic mass is 16.4. The Hall–Kier alpha value is -1.36. The highest BCUT2D eigenvalue weighted by Gasteiger charge is 2.35. The van der Waals surface area contributed by atoms with E-state index in [9.17, 15) is 9.59 Å². The van der Waals surface area contributed by atoms with Gasteiger partial charge in [0, 0.05) is 12.1 Å². The predicted molar refractivity (Wildman–Crippen MR) is 62.1 cm³/mol. The average Bonchev–Trinajstić information content (AvgIpc) is 2.86. The lowest BCUT2D eigenvalue weighted by Crippen LogP contribution is -2.42. The maximum absolute atomic E-state index is 11.9. The maximum Gasteiger partial charge on any atom is 0.308 e. The van der Waals surface area contributed by atoms with Crippen LogP contribution in [0.5, 0.6) is 0 Å². The minimum absolute atomic E-state index is 0.0513. The molecule has 0 heterocycles. The van der Waals surface area contributed by atoms with Gasteiger partial charge in [-0.25, -0.2) is 0 Å². The zero-order valence-corrected chi connectivity index (χ0v) is 9.63. The molecule has 2 aliphatic rings. The van der Waals surface area contributed by atoms with Gasteiger partial charge in [0.15, 0.2) is 0 Å². The van der Waals surface area contributed by atoms with Crippen LogP contribution in [0.2, 0.25) is 0 Å². The molecule has 1 saturated carbocycles. The molecule has 94 valence electrons. The third kappa shape index (κ3) is 2.66. The van der Waals surface area contributed by atoms with Crippen LogP contribution in [0.1, 0.15) is 25.7 Å². The second-order valence-electron chi connectivity index (χ2n) is 4.88. The lowest BCUT2D eigenvalue weighted by molar-refractivity contribution is -0.142. The van der Waals surface area contributed by atoms with Gasteiger partial charge in [0.05, 0.1) is 11.8 Å². The number of hydrogen-bond acceptors (Lipinski definition) is 3. The van der Waals surface area contributed by atoms with Gasteiger partial charge in [-0.05, 0) is 19.3 Å². The van der Waals surface area contributed by atoms with Gasteiger partial charge >= 0.3 is 5.97 Å². The summed E-state index contributed by atoms with van der Waals surface area (Å²) in [5.41, 5.74) is 5.69. The standard InChI is InChI=1S/C12H18N2O3/c13-8-5-4-7(6-8)11(15)14-10-3-1-2-9(10)12(16)17/h4-5,7-10H,1-3,6,13H2,(H,14,15)(H,16,17). The number of carbonyl (C=O) groups excluding carboxylic acids is 1. The van der Waals surface area contributed by atoms with Crippen molar-refractivity contribution in [1.82, 2.24) is 5.32 Å². The van der Waals surface area contributed by atoms with Gasteiger partial charge in [-0.1, -0.05) is 18.6 Å². The van der Waals surface area contributed by atoms with Crippen LogP contribution in [0.4, 0.5) is 0 Å². The summed E-state index contributed by atoms with van der Waals surface area (Å²) >= 11 is 0. The largest absolute Gasteiger partial charge is 0.481 e. The Bertz CT molecular complexity index is 354. The molecule has 17 heavy (non-hydrogen) atoms. The third-order valence-corrected chi connectivity index (χ3v) is 3.61. The molecule has 0 aromatic rings. The Morgan fingerprint density at radius 1 is 1.29 bits per heavy atom. The number of hydrogen-bond donors (Lipinski definition) is 3. The summed E-state index contributed by atoms with van der Waals surface area (Å²) in [6.45, 7) is 0. The van der Waals surface area contributed by atoms with Crippen molar-refractivity contribution in [1.29, 1.82) is 0 Å². The molecule has 0 bridgehead atoms. The number of carboxylic acids is 1. The lowest BCUT2D eigenvalue weighted by Gasteiger charge is -2.19. The van der Waals surface area contributed by atoms with Crippen molar-refractivity contribution < 1.29 is 14.7 Å². The van der Waals surface area contributed by atoms with Crippen LogP contribution in [-0.4, -0.2) is 29.1 Å². The molecule has 0 spiro atoms. The molecule has 0 saturated heterocycles. The maximum atomic E-state index is 11.9. The zero-order chi connectivity index (χ0) is 12.4. The Morgan fingerprint density at radius 3 is 2.65 bits per heavy atom. The quantitative estimate of drug-likeness (QED) is 0.615. The lowest BCUT2D eigenvalue weighted by atomic mass is 10.0. The number of nitrogens with one attached hydrogen (secondary N) is 1. The van der Waals surface area contributed by atoms with E-state index in [4.69, 9.17) is 10.8 Å². The van der Waals surface area contributed by atoms with E-state index < -0.39 is 11.9 Å². The molecule has 4 atom stereocenters. The highest BCUT2D eigenvalue weighted by Crippen LogP contribution is 2.27. The van der Waals surface area contributed by atoms with Crippen LogP contribution in [-0.2, 0) is 9.59 Å². The van der Waals surface area contributed by atoms with Gasteiger partial charge in [-0.3, -0.25) is 9.59 Å². The van der Waals surface area contributed by atoms with Gasteiger partial charge < -0.3 is 16.2 Å².